The molecule has 0 amide bonds. The third-order valence-electron chi connectivity index (χ3n) is 3.29. The van der Waals surface area contributed by atoms with Gasteiger partial charge in [-0.3, -0.25) is 14.2 Å². The van der Waals surface area contributed by atoms with Gasteiger partial charge in [0.2, 0.25) is 5.91 Å². The molecule has 1 aromatic heterocycles. The highest BCUT2D eigenvalue weighted by Crippen LogP contribution is 2.27. The molecule has 3 atom stereocenters. The van der Waals surface area contributed by atoms with Crippen LogP contribution in [-0.4, -0.2) is 44.1 Å². The smallest absolute Gasteiger partial charge is 0.340 e. The van der Waals surface area contributed by atoms with Crippen LogP contribution in [0.25, 0.3) is 0 Å². The van der Waals surface area contributed by atoms with Gasteiger partial charge in [0.1, 0.15) is 12.3 Å². The fourth-order valence-corrected chi connectivity index (χ4v) is 2.23. The van der Waals surface area contributed by atoms with E-state index in [1.54, 1.807) is 0 Å². The van der Waals surface area contributed by atoms with Gasteiger partial charge in [-0.15, -0.1) is 0 Å². The molecule has 0 aromatic carbocycles. The molecule has 2 heterocycles. The van der Waals surface area contributed by atoms with E-state index in [1.165, 1.54) is 13.1 Å². The quantitative estimate of drug-likeness (QED) is 0.692. The van der Waals surface area contributed by atoms with Gasteiger partial charge < -0.3 is 14.9 Å². The van der Waals surface area contributed by atoms with Crippen LogP contribution in [0.2, 0.25) is 0 Å². The van der Waals surface area contributed by atoms with Crippen LogP contribution in [0.15, 0.2) is 15.8 Å². The van der Waals surface area contributed by atoms with Gasteiger partial charge in [-0.25, -0.2) is 4.79 Å². The van der Waals surface area contributed by atoms with Crippen LogP contribution >= 0.6 is 0 Å². The minimum atomic E-state index is -0.907. The molecule has 0 aliphatic carbocycles. The molecule has 1 aliphatic heterocycles. The lowest BCUT2D eigenvalue weighted by molar-refractivity contribution is -0.0462. The molecule has 1 unspecified atom stereocenters. The molecule has 0 bridgehead atoms. The Morgan fingerprint density at radius 3 is 2.65 bits per heavy atom. The monoisotopic (exact) mass is 284 g/mol. The maximum Gasteiger partial charge on any atom is 0.340 e. The summed E-state index contributed by atoms with van der Waals surface area (Å²) in [6.07, 6.45) is -1.12. The molecule has 1 fully saturated rings. The summed E-state index contributed by atoms with van der Waals surface area (Å²) < 4.78 is 6.98. The van der Waals surface area contributed by atoms with E-state index in [4.69, 9.17) is 9.84 Å². The minimum absolute atomic E-state index is 0.0979. The Labute approximate surface area is 113 Å². The second-order valence-electron chi connectivity index (χ2n) is 4.78. The first-order valence-corrected chi connectivity index (χ1v) is 6.17. The first-order valence-electron chi connectivity index (χ1n) is 6.17. The predicted molar refractivity (Wildman–Crippen MR) is 67.6 cm³/mol. The largest absolute Gasteiger partial charge is 0.394 e. The van der Waals surface area contributed by atoms with Crippen molar-refractivity contribution in [3.8, 4) is 0 Å². The van der Waals surface area contributed by atoms with Crippen molar-refractivity contribution in [1.82, 2.24) is 9.13 Å². The number of rotatable bonds is 2. The van der Waals surface area contributed by atoms with Gasteiger partial charge in [0.25, 0.3) is 5.56 Å². The van der Waals surface area contributed by atoms with Crippen molar-refractivity contribution in [2.75, 3.05) is 6.61 Å². The Kier molecular flexibility index (Phi) is 3.89. The van der Waals surface area contributed by atoms with Crippen molar-refractivity contribution in [2.24, 2.45) is 0 Å². The third kappa shape index (κ3) is 2.33. The number of aryl methyl sites for hydroxylation is 1. The number of nitrogens with zero attached hydrogens (tertiary/aromatic N) is 2. The van der Waals surface area contributed by atoms with Crippen molar-refractivity contribution < 1.29 is 19.7 Å². The van der Waals surface area contributed by atoms with E-state index in [0.29, 0.717) is 4.57 Å². The van der Waals surface area contributed by atoms with E-state index in [0.717, 1.165) is 11.5 Å². The zero-order valence-electron chi connectivity index (χ0n) is 11.1. The highest BCUT2D eigenvalue weighted by molar-refractivity contribution is 5.75. The average Bonchev–Trinajstić information content (AvgIpc) is 2.74. The van der Waals surface area contributed by atoms with Crippen LogP contribution in [0.5, 0.6) is 0 Å². The van der Waals surface area contributed by atoms with Crippen molar-refractivity contribution >= 4 is 5.91 Å². The Morgan fingerprint density at radius 2 is 2.15 bits per heavy atom. The molecule has 0 spiro atoms. The van der Waals surface area contributed by atoms with Crippen LogP contribution in [-0.2, 0) is 4.74 Å². The van der Waals surface area contributed by atoms with Gasteiger partial charge in [0.15, 0.2) is 0 Å². The molecule has 110 valence electrons. The average molecular weight is 284 g/mol. The minimum Gasteiger partial charge on any atom is -0.394 e. The van der Waals surface area contributed by atoms with Crippen molar-refractivity contribution in [3.63, 3.8) is 0 Å². The lowest BCUT2D eigenvalue weighted by atomic mass is 10.2. The van der Waals surface area contributed by atoms with Crippen LogP contribution in [0.4, 0.5) is 0 Å². The normalized spacial score (nSPS) is 25.9. The van der Waals surface area contributed by atoms with E-state index in [9.17, 15) is 19.5 Å². The zero-order valence-corrected chi connectivity index (χ0v) is 11.1. The molecule has 2 rings (SSSR count). The highest BCUT2D eigenvalue weighted by atomic mass is 16.5. The van der Waals surface area contributed by atoms with E-state index < -0.39 is 35.6 Å². The summed E-state index contributed by atoms with van der Waals surface area (Å²) in [6, 6.07) is 0. The third-order valence-corrected chi connectivity index (χ3v) is 3.29. The number of carbonyl (C=O) groups is 1. The Morgan fingerprint density at radius 1 is 1.50 bits per heavy atom. The SMILES string of the molecule is CC(=O)n1c(=O)c(C)cn([C@H]2CC(O)[C@@H](CO)O2)c1=O. The standard InChI is InChI=1S/C12H16N2O6/c1-6-4-13(10-3-8(17)9(5-15)20-10)12(19)14(7(2)16)11(6)18/h4,8-10,15,17H,3,5H2,1-2H3/t8?,9-,10-/m1/s1. The molecule has 1 aromatic rings. The summed E-state index contributed by atoms with van der Waals surface area (Å²) in [5, 5.41) is 18.7. The number of aliphatic hydroxyl groups is 2. The van der Waals surface area contributed by atoms with E-state index >= 15 is 0 Å². The van der Waals surface area contributed by atoms with Crippen molar-refractivity contribution in [3.05, 3.63) is 32.6 Å². The molecule has 20 heavy (non-hydrogen) atoms. The summed E-state index contributed by atoms with van der Waals surface area (Å²) in [7, 11) is 0. The second kappa shape index (κ2) is 5.31. The lowest BCUT2D eigenvalue weighted by Crippen LogP contribution is -2.44. The molecule has 8 heteroatoms. The zero-order chi connectivity index (χ0) is 15.0. The summed E-state index contributed by atoms with van der Waals surface area (Å²) in [4.78, 5) is 35.3. The van der Waals surface area contributed by atoms with Gasteiger partial charge in [0, 0.05) is 25.1 Å². The van der Waals surface area contributed by atoms with Crippen LogP contribution in [0, 0.1) is 6.92 Å². The van der Waals surface area contributed by atoms with E-state index in [1.807, 2.05) is 0 Å². The Hall–Kier alpha value is -1.77. The second-order valence-corrected chi connectivity index (χ2v) is 4.78. The number of carbonyl (C=O) groups excluding carboxylic acids is 1. The molecule has 0 radical (unpaired) electrons. The molecule has 1 aliphatic rings. The van der Waals surface area contributed by atoms with Gasteiger partial charge >= 0.3 is 5.69 Å². The first kappa shape index (κ1) is 14.6. The number of ether oxygens (including phenoxy) is 1. The summed E-state index contributed by atoms with van der Waals surface area (Å²) >= 11 is 0. The van der Waals surface area contributed by atoms with Gasteiger partial charge in [0.05, 0.1) is 12.7 Å². The summed E-state index contributed by atoms with van der Waals surface area (Å²) in [5.74, 6) is -0.685. The fourth-order valence-electron chi connectivity index (χ4n) is 2.23. The van der Waals surface area contributed by atoms with Gasteiger partial charge in [-0.1, -0.05) is 0 Å². The molecule has 1 saturated heterocycles. The molecular weight excluding hydrogens is 268 g/mol. The molecule has 0 saturated carbocycles. The van der Waals surface area contributed by atoms with Crippen LogP contribution < -0.4 is 11.2 Å². The van der Waals surface area contributed by atoms with Crippen LogP contribution in [0.3, 0.4) is 0 Å². The van der Waals surface area contributed by atoms with Crippen molar-refractivity contribution in [1.29, 1.82) is 0 Å². The maximum atomic E-state index is 12.2. The van der Waals surface area contributed by atoms with E-state index in [2.05, 4.69) is 0 Å². The topological polar surface area (TPSA) is 111 Å². The van der Waals surface area contributed by atoms with Crippen LogP contribution in [0.1, 0.15) is 29.9 Å². The number of aliphatic hydroxyl groups excluding tert-OH is 2. The van der Waals surface area contributed by atoms with Gasteiger partial charge in [-0.2, -0.15) is 4.57 Å². The number of hydrogen-bond acceptors (Lipinski definition) is 6. The number of hydrogen-bond donors (Lipinski definition) is 2. The molecule has 2 N–H and O–H groups in total. The lowest BCUT2D eigenvalue weighted by Gasteiger charge is -2.16. The Balaban J connectivity index is 2.52. The molecule has 8 nitrogen and oxygen atoms in total. The Bertz CT molecular complexity index is 646. The summed E-state index contributed by atoms with van der Waals surface area (Å²) in [5.41, 5.74) is -1.27. The molecular formula is C12H16N2O6. The van der Waals surface area contributed by atoms with Gasteiger partial charge in [-0.05, 0) is 6.92 Å². The maximum absolute atomic E-state index is 12.2. The van der Waals surface area contributed by atoms with E-state index in [-0.39, 0.29) is 18.6 Å². The fraction of sp³-hybridized carbons (Fsp3) is 0.583. The first-order chi connectivity index (χ1) is 9.36. The summed E-state index contributed by atoms with van der Waals surface area (Å²) in [6.45, 7) is 2.22. The number of aromatic nitrogens is 2. The predicted octanol–water partition coefficient (Wildman–Crippen LogP) is -1.38. The van der Waals surface area contributed by atoms with Crippen molar-refractivity contribution in [2.45, 2.75) is 38.7 Å². The highest BCUT2D eigenvalue weighted by Gasteiger charge is 2.35.